The van der Waals surface area contributed by atoms with Crippen molar-refractivity contribution in [2.45, 2.75) is 43.6 Å². The lowest BCUT2D eigenvalue weighted by Gasteiger charge is -2.46. The molecule has 0 bridgehead atoms. The quantitative estimate of drug-likeness (QED) is 0.704. The van der Waals surface area contributed by atoms with E-state index in [-0.39, 0.29) is 24.2 Å². The van der Waals surface area contributed by atoms with Crippen molar-refractivity contribution < 1.29 is 27.0 Å². The van der Waals surface area contributed by atoms with Crippen LogP contribution in [0.3, 0.4) is 0 Å². The number of methoxy groups -OCH3 is 1. The third-order valence-electron chi connectivity index (χ3n) is 7.06. The molecule has 2 unspecified atom stereocenters. The molecule has 2 fully saturated rings. The molecule has 2 aromatic carbocycles. The standard InChI is InChI=1S/C26H35NO3.ClH/c1-29-24-14-12-23(13-15-24)26(28,22-10-6-3-7-11-22)25(21-8-4-2-5-9-21)20-27-16-18-30-19-17-27;/h2,4-5,8-9,12-15,22,25,28H,3,6-7,10-11,16-20H2,1H3;1H/p-1. The van der Waals surface area contributed by atoms with Crippen LogP contribution in [-0.2, 0) is 10.3 Å². The van der Waals surface area contributed by atoms with Gasteiger partial charge in [0, 0.05) is 25.6 Å². The smallest absolute Gasteiger partial charge is 0.118 e. The summed E-state index contributed by atoms with van der Waals surface area (Å²) < 4.78 is 11.0. The normalized spacial score (nSPS) is 21.0. The number of morpholine rings is 1. The number of hydrogen-bond acceptors (Lipinski definition) is 4. The molecule has 0 spiro atoms. The van der Waals surface area contributed by atoms with Crippen LogP contribution in [0, 0.1) is 5.92 Å². The lowest BCUT2D eigenvalue weighted by molar-refractivity contribution is -0.0758. The summed E-state index contributed by atoms with van der Waals surface area (Å²) in [5, 5.41) is 12.6. The summed E-state index contributed by atoms with van der Waals surface area (Å²) in [6.07, 6.45) is 5.82. The maximum absolute atomic E-state index is 12.6. The molecule has 2 aliphatic rings. The summed E-state index contributed by atoms with van der Waals surface area (Å²) in [5.74, 6) is 1.09. The van der Waals surface area contributed by atoms with Crippen LogP contribution in [0.4, 0.5) is 0 Å². The Hall–Kier alpha value is -1.59. The minimum Gasteiger partial charge on any atom is -1.00 e. The maximum Gasteiger partial charge on any atom is 0.118 e. The SMILES string of the molecule is COc1ccc(C(O)(C2CCCCC2)C(CN2CCOCC2)c2ccccc2)cc1.[Cl-]. The van der Waals surface area contributed by atoms with Gasteiger partial charge in [0.1, 0.15) is 11.4 Å². The third-order valence-corrected chi connectivity index (χ3v) is 7.06. The number of aliphatic hydroxyl groups is 1. The van der Waals surface area contributed by atoms with Gasteiger partial charge in [-0.15, -0.1) is 0 Å². The van der Waals surface area contributed by atoms with Crippen molar-refractivity contribution in [2.24, 2.45) is 5.92 Å². The Bertz CT molecular complexity index is 773. The Kier molecular flexibility index (Phi) is 8.79. The van der Waals surface area contributed by atoms with E-state index in [9.17, 15) is 5.11 Å². The molecule has 2 aromatic rings. The molecule has 1 saturated heterocycles. The van der Waals surface area contributed by atoms with Crippen molar-refractivity contribution in [1.29, 1.82) is 0 Å². The van der Waals surface area contributed by atoms with Gasteiger partial charge < -0.3 is 27.0 Å². The van der Waals surface area contributed by atoms with Crippen LogP contribution in [0.25, 0.3) is 0 Å². The highest BCUT2D eigenvalue weighted by Gasteiger charge is 2.46. The molecular weight excluding hydrogens is 410 g/mol. The van der Waals surface area contributed by atoms with Crippen molar-refractivity contribution in [3.05, 3.63) is 65.7 Å². The molecule has 31 heavy (non-hydrogen) atoms. The zero-order valence-corrected chi connectivity index (χ0v) is 19.3. The lowest BCUT2D eigenvalue weighted by Crippen LogP contribution is -3.00. The van der Waals surface area contributed by atoms with Gasteiger partial charge in [-0.25, -0.2) is 0 Å². The molecule has 4 nitrogen and oxygen atoms in total. The summed E-state index contributed by atoms with van der Waals surface area (Å²) in [4.78, 5) is 2.46. The number of benzene rings is 2. The van der Waals surface area contributed by atoms with Crippen LogP contribution in [0.1, 0.15) is 49.1 Å². The maximum atomic E-state index is 12.6. The molecule has 1 N–H and O–H groups in total. The monoisotopic (exact) mass is 444 g/mol. The Morgan fingerprint density at radius 2 is 1.65 bits per heavy atom. The van der Waals surface area contributed by atoms with E-state index >= 15 is 0 Å². The predicted molar refractivity (Wildman–Crippen MR) is 120 cm³/mol. The second-order valence-electron chi connectivity index (χ2n) is 8.77. The molecule has 1 saturated carbocycles. The summed E-state index contributed by atoms with van der Waals surface area (Å²) in [6.45, 7) is 4.23. The van der Waals surface area contributed by atoms with Crippen LogP contribution in [0.5, 0.6) is 5.75 Å². The highest BCUT2D eigenvalue weighted by Crippen LogP contribution is 2.48. The second-order valence-corrected chi connectivity index (χ2v) is 8.77. The fraction of sp³-hybridized carbons (Fsp3) is 0.538. The largest absolute Gasteiger partial charge is 1.00 e. The molecule has 1 heterocycles. The minimum absolute atomic E-state index is 0. The van der Waals surface area contributed by atoms with Gasteiger partial charge in [-0.3, -0.25) is 4.90 Å². The molecule has 4 rings (SSSR count). The van der Waals surface area contributed by atoms with Crippen LogP contribution in [-0.4, -0.2) is 50.0 Å². The zero-order valence-electron chi connectivity index (χ0n) is 18.5. The van der Waals surface area contributed by atoms with Crippen LogP contribution in [0.15, 0.2) is 54.6 Å². The molecule has 0 amide bonds. The van der Waals surface area contributed by atoms with Crippen molar-refractivity contribution >= 4 is 0 Å². The first-order valence-corrected chi connectivity index (χ1v) is 11.4. The van der Waals surface area contributed by atoms with E-state index in [0.29, 0.717) is 0 Å². The highest BCUT2D eigenvalue weighted by molar-refractivity contribution is 5.36. The van der Waals surface area contributed by atoms with Crippen molar-refractivity contribution in [2.75, 3.05) is 40.0 Å². The first kappa shape index (κ1) is 24.1. The fourth-order valence-corrected chi connectivity index (χ4v) is 5.35. The summed E-state index contributed by atoms with van der Waals surface area (Å²) >= 11 is 0. The third kappa shape index (κ3) is 5.43. The predicted octanol–water partition coefficient (Wildman–Crippen LogP) is 1.58. The number of hydrogen-bond donors (Lipinski definition) is 1. The van der Waals surface area contributed by atoms with Gasteiger partial charge in [0.15, 0.2) is 0 Å². The molecule has 1 aliphatic carbocycles. The summed E-state index contributed by atoms with van der Waals surface area (Å²) in [5.41, 5.74) is 1.32. The molecule has 2 atom stereocenters. The van der Waals surface area contributed by atoms with Gasteiger partial charge in [0.25, 0.3) is 0 Å². The minimum atomic E-state index is -0.910. The summed E-state index contributed by atoms with van der Waals surface area (Å²) in [6, 6.07) is 18.7. The molecule has 1 aliphatic heterocycles. The number of ether oxygens (including phenoxy) is 2. The Morgan fingerprint density at radius 3 is 2.26 bits per heavy atom. The molecule has 170 valence electrons. The van der Waals surface area contributed by atoms with Crippen LogP contribution >= 0.6 is 0 Å². The first-order chi connectivity index (χ1) is 14.7. The lowest BCUT2D eigenvalue weighted by atomic mass is 9.65. The van der Waals surface area contributed by atoms with Crippen molar-refractivity contribution in [3.8, 4) is 5.75 Å². The van der Waals surface area contributed by atoms with Crippen molar-refractivity contribution in [1.82, 2.24) is 4.90 Å². The average Bonchev–Trinajstić information content (AvgIpc) is 2.84. The Labute approximate surface area is 193 Å². The number of halogens is 1. The Morgan fingerprint density at radius 1 is 1.00 bits per heavy atom. The van der Waals surface area contributed by atoms with Gasteiger partial charge in [-0.05, 0) is 42.0 Å². The van der Waals surface area contributed by atoms with E-state index < -0.39 is 5.60 Å². The second kappa shape index (κ2) is 11.3. The topological polar surface area (TPSA) is 41.9 Å². The number of rotatable bonds is 7. The highest BCUT2D eigenvalue weighted by atomic mass is 35.5. The van der Waals surface area contributed by atoms with E-state index in [0.717, 1.165) is 57.0 Å². The number of nitrogens with zero attached hydrogens (tertiary/aromatic N) is 1. The van der Waals surface area contributed by atoms with Crippen molar-refractivity contribution in [3.63, 3.8) is 0 Å². The molecular formula is C26H35ClNO3-. The molecule has 5 heteroatoms. The van der Waals surface area contributed by atoms with E-state index in [1.807, 2.05) is 12.1 Å². The van der Waals surface area contributed by atoms with E-state index in [1.54, 1.807) is 7.11 Å². The van der Waals surface area contributed by atoms with E-state index in [2.05, 4.69) is 47.4 Å². The van der Waals surface area contributed by atoms with E-state index in [4.69, 9.17) is 9.47 Å². The van der Waals surface area contributed by atoms with Gasteiger partial charge >= 0.3 is 0 Å². The Balaban J connectivity index is 0.00000272. The van der Waals surface area contributed by atoms with Gasteiger partial charge in [-0.1, -0.05) is 61.7 Å². The summed E-state index contributed by atoms with van der Waals surface area (Å²) in [7, 11) is 1.69. The molecule has 0 aromatic heterocycles. The average molecular weight is 445 g/mol. The van der Waals surface area contributed by atoms with Crippen LogP contribution < -0.4 is 17.1 Å². The zero-order chi connectivity index (χ0) is 20.8. The van der Waals surface area contributed by atoms with Gasteiger partial charge in [-0.2, -0.15) is 0 Å². The van der Waals surface area contributed by atoms with Gasteiger partial charge in [0.05, 0.1) is 20.3 Å². The van der Waals surface area contributed by atoms with Gasteiger partial charge in [0.2, 0.25) is 0 Å². The molecule has 0 radical (unpaired) electrons. The fourth-order valence-electron chi connectivity index (χ4n) is 5.35. The first-order valence-electron chi connectivity index (χ1n) is 11.4. The van der Waals surface area contributed by atoms with Crippen LogP contribution in [0.2, 0.25) is 0 Å². The van der Waals surface area contributed by atoms with E-state index in [1.165, 1.54) is 24.8 Å².